The van der Waals surface area contributed by atoms with Crippen LogP contribution in [0.4, 0.5) is 0 Å². The average molecular weight is 313 g/mol. The lowest BCUT2D eigenvalue weighted by Gasteiger charge is -2.11. The Morgan fingerprint density at radius 2 is 2.00 bits per heavy atom. The molecule has 5 heteroatoms. The highest BCUT2D eigenvalue weighted by Crippen LogP contribution is 2.20. The standard InChI is InChI=1S/C18H23N3O2/c1-12(2)6-7-21-13(3)8-16(15(21)5)9-17(11-20)18(22)23-14(4)10-19/h8-9,12,14H,6-7H2,1-5H3/b17-9+/t14-/m0/s1. The van der Waals surface area contributed by atoms with E-state index in [0.717, 1.165) is 29.9 Å². The molecule has 0 aliphatic heterocycles. The number of esters is 1. The molecule has 5 nitrogen and oxygen atoms in total. The maximum absolute atomic E-state index is 11.9. The Morgan fingerprint density at radius 1 is 1.35 bits per heavy atom. The molecule has 1 heterocycles. The van der Waals surface area contributed by atoms with Gasteiger partial charge in [0.05, 0.1) is 0 Å². The van der Waals surface area contributed by atoms with Crippen molar-refractivity contribution in [2.45, 2.75) is 53.7 Å². The fourth-order valence-electron chi connectivity index (χ4n) is 2.25. The van der Waals surface area contributed by atoms with E-state index >= 15 is 0 Å². The summed E-state index contributed by atoms with van der Waals surface area (Å²) < 4.78 is 7.07. The van der Waals surface area contributed by atoms with Crippen molar-refractivity contribution in [2.75, 3.05) is 0 Å². The molecule has 0 radical (unpaired) electrons. The van der Waals surface area contributed by atoms with Crippen molar-refractivity contribution in [3.05, 3.63) is 28.6 Å². The maximum Gasteiger partial charge on any atom is 0.350 e. The van der Waals surface area contributed by atoms with Gasteiger partial charge in [0.1, 0.15) is 17.7 Å². The van der Waals surface area contributed by atoms with Crippen LogP contribution in [-0.2, 0) is 16.1 Å². The molecule has 0 saturated carbocycles. The number of aromatic nitrogens is 1. The molecule has 23 heavy (non-hydrogen) atoms. The smallest absolute Gasteiger partial charge is 0.350 e. The summed E-state index contributed by atoms with van der Waals surface area (Å²) in [6.45, 7) is 10.7. The van der Waals surface area contributed by atoms with Crippen LogP contribution < -0.4 is 0 Å². The topological polar surface area (TPSA) is 78.8 Å². The Morgan fingerprint density at radius 3 is 2.52 bits per heavy atom. The molecule has 1 aromatic rings. The van der Waals surface area contributed by atoms with Gasteiger partial charge in [-0.05, 0) is 50.8 Å². The van der Waals surface area contributed by atoms with E-state index in [1.54, 1.807) is 6.07 Å². The maximum atomic E-state index is 11.9. The van der Waals surface area contributed by atoms with E-state index < -0.39 is 12.1 Å². The third kappa shape index (κ3) is 5.00. The number of carbonyl (C=O) groups excluding carboxylic acids is 1. The van der Waals surface area contributed by atoms with Crippen LogP contribution in [0.25, 0.3) is 6.08 Å². The summed E-state index contributed by atoms with van der Waals surface area (Å²) in [7, 11) is 0. The van der Waals surface area contributed by atoms with Crippen LogP contribution >= 0.6 is 0 Å². The second-order valence-corrected chi connectivity index (χ2v) is 6.01. The number of carbonyl (C=O) groups is 1. The van der Waals surface area contributed by atoms with Crippen LogP contribution in [0.15, 0.2) is 11.6 Å². The van der Waals surface area contributed by atoms with E-state index in [0.29, 0.717) is 5.92 Å². The lowest BCUT2D eigenvalue weighted by atomic mass is 10.1. The van der Waals surface area contributed by atoms with Crippen molar-refractivity contribution >= 4 is 12.0 Å². The zero-order valence-corrected chi connectivity index (χ0v) is 14.4. The van der Waals surface area contributed by atoms with Gasteiger partial charge in [-0.25, -0.2) is 4.79 Å². The number of nitriles is 2. The van der Waals surface area contributed by atoms with Gasteiger partial charge in [0.15, 0.2) is 6.10 Å². The Balaban J connectivity index is 3.06. The summed E-state index contributed by atoms with van der Waals surface area (Å²) in [5.74, 6) is -0.166. The molecule has 0 saturated heterocycles. The molecule has 0 N–H and O–H groups in total. The van der Waals surface area contributed by atoms with Gasteiger partial charge in [-0.1, -0.05) is 13.8 Å². The quantitative estimate of drug-likeness (QED) is 0.457. The SMILES string of the molecule is Cc1cc(/C=C(\C#N)C(=O)O[C@@H](C)C#N)c(C)n1CCC(C)C. The van der Waals surface area contributed by atoms with Gasteiger partial charge in [0.25, 0.3) is 0 Å². The summed E-state index contributed by atoms with van der Waals surface area (Å²) in [6, 6.07) is 5.61. The first-order valence-electron chi connectivity index (χ1n) is 7.69. The van der Waals surface area contributed by atoms with Crippen LogP contribution in [0, 0.1) is 42.4 Å². The lowest BCUT2D eigenvalue weighted by Crippen LogP contribution is -2.14. The van der Waals surface area contributed by atoms with Crippen molar-refractivity contribution in [1.82, 2.24) is 4.57 Å². The summed E-state index contributed by atoms with van der Waals surface area (Å²) in [6.07, 6.45) is 1.71. The van der Waals surface area contributed by atoms with Crippen LogP contribution in [-0.4, -0.2) is 16.6 Å². The third-order valence-corrected chi connectivity index (χ3v) is 3.65. The molecule has 122 valence electrons. The van der Waals surface area contributed by atoms with Crippen molar-refractivity contribution in [1.29, 1.82) is 10.5 Å². The Labute approximate surface area is 137 Å². The molecule has 1 atom stereocenters. The number of ether oxygens (including phenoxy) is 1. The molecule has 0 aliphatic carbocycles. The minimum Gasteiger partial charge on any atom is -0.443 e. The molecular weight excluding hydrogens is 290 g/mol. The van der Waals surface area contributed by atoms with Gasteiger partial charge in [0, 0.05) is 17.9 Å². The molecule has 0 aliphatic rings. The predicted octanol–water partition coefficient (Wildman–Crippen LogP) is 3.51. The molecule has 1 aromatic heterocycles. The summed E-state index contributed by atoms with van der Waals surface area (Å²) in [5.41, 5.74) is 2.82. The first-order valence-corrected chi connectivity index (χ1v) is 7.69. The Hall–Kier alpha value is -2.53. The van der Waals surface area contributed by atoms with Crippen LogP contribution in [0.3, 0.4) is 0 Å². The first-order chi connectivity index (χ1) is 10.8. The van der Waals surface area contributed by atoms with E-state index in [1.807, 2.05) is 26.0 Å². The highest BCUT2D eigenvalue weighted by atomic mass is 16.5. The Kier molecular flexibility index (Phi) is 6.60. The average Bonchev–Trinajstić information content (AvgIpc) is 2.76. The highest BCUT2D eigenvalue weighted by molar-refractivity contribution is 5.98. The van der Waals surface area contributed by atoms with Crippen molar-refractivity contribution in [2.24, 2.45) is 5.92 Å². The fourth-order valence-corrected chi connectivity index (χ4v) is 2.25. The van der Waals surface area contributed by atoms with Gasteiger partial charge in [-0.3, -0.25) is 0 Å². The number of hydrogen-bond donors (Lipinski definition) is 0. The monoisotopic (exact) mass is 313 g/mol. The number of rotatable bonds is 6. The third-order valence-electron chi connectivity index (χ3n) is 3.65. The highest BCUT2D eigenvalue weighted by Gasteiger charge is 2.16. The van der Waals surface area contributed by atoms with Crippen LogP contribution in [0.5, 0.6) is 0 Å². The van der Waals surface area contributed by atoms with Crippen LogP contribution in [0.1, 0.15) is 44.1 Å². The summed E-state index contributed by atoms with van der Waals surface area (Å²) in [5, 5.41) is 17.9. The summed E-state index contributed by atoms with van der Waals surface area (Å²) >= 11 is 0. The first kappa shape index (κ1) is 18.5. The molecule has 1 rings (SSSR count). The molecule has 0 aromatic carbocycles. The van der Waals surface area contributed by atoms with Crippen molar-refractivity contribution in [3.63, 3.8) is 0 Å². The van der Waals surface area contributed by atoms with Gasteiger partial charge >= 0.3 is 5.97 Å². The molecular formula is C18H23N3O2. The second kappa shape index (κ2) is 8.19. The van der Waals surface area contributed by atoms with E-state index in [-0.39, 0.29) is 5.57 Å². The number of hydrogen-bond acceptors (Lipinski definition) is 4. The molecule has 0 unspecified atom stereocenters. The van der Waals surface area contributed by atoms with Gasteiger partial charge in [0.2, 0.25) is 0 Å². The second-order valence-electron chi connectivity index (χ2n) is 6.01. The van der Waals surface area contributed by atoms with E-state index in [2.05, 4.69) is 18.4 Å². The molecule has 0 bridgehead atoms. The van der Waals surface area contributed by atoms with Crippen molar-refractivity contribution in [3.8, 4) is 12.1 Å². The van der Waals surface area contributed by atoms with Gasteiger partial charge < -0.3 is 9.30 Å². The van der Waals surface area contributed by atoms with Crippen molar-refractivity contribution < 1.29 is 9.53 Å². The fraction of sp³-hybridized carbons (Fsp3) is 0.500. The number of nitrogens with zero attached hydrogens (tertiary/aromatic N) is 3. The summed E-state index contributed by atoms with van der Waals surface area (Å²) in [4.78, 5) is 11.9. The van der Waals surface area contributed by atoms with Crippen LogP contribution in [0.2, 0.25) is 0 Å². The number of aryl methyl sites for hydroxylation is 1. The molecule has 0 fully saturated rings. The lowest BCUT2D eigenvalue weighted by molar-refractivity contribution is -0.140. The van der Waals surface area contributed by atoms with E-state index in [1.165, 1.54) is 13.0 Å². The van der Waals surface area contributed by atoms with E-state index in [9.17, 15) is 10.1 Å². The van der Waals surface area contributed by atoms with Gasteiger partial charge in [-0.2, -0.15) is 10.5 Å². The zero-order chi connectivity index (χ0) is 17.6. The predicted molar refractivity (Wildman–Crippen MR) is 88.1 cm³/mol. The molecule has 0 spiro atoms. The zero-order valence-electron chi connectivity index (χ0n) is 14.4. The van der Waals surface area contributed by atoms with E-state index in [4.69, 9.17) is 10.00 Å². The minimum absolute atomic E-state index is 0.101. The van der Waals surface area contributed by atoms with Gasteiger partial charge in [-0.15, -0.1) is 0 Å². The Bertz CT molecular complexity index is 684. The largest absolute Gasteiger partial charge is 0.443 e. The molecule has 0 amide bonds. The minimum atomic E-state index is -0.877. The normalized spacial score (nSPS) is 12.6.